The highest BCUT2D eigenvalue weighted by atomic mass is 32.2. The molecule has 0 aliphatic rings. The number of hydrogen-bond donors (Lipinski definition) is 0. The Kier molecular flexibility index (Phi) is 5.26. The summed E-state index contributed by atoms with van der Waals surface area (Å²) in [7, 11) is -3.86. The van der Waals surface area contributed by atoms with Gasteiger partial charge < -0.3 is 4.74 Å². The van der Waals surface area contributed by atoms with Crippen LogP contribution in [0.3, 0.4) is 0 Å². The normalized spacial score (nSPS) is 12.7. The van der Waals surface area contributed by atoms with E-state index in [4.69, 9.17) is 8.92 Å². The van der Waals surface area contributed by atoms with E-state index in [0.29, 0.717) is 0 Å². The molecule has 0 aliphatic carbocycles. The lowest BCUT2D eigenvalue weighted by molar-refractivity contribution is -0.145. The van der Waals surface area contributed by atoms with E-state index in [2.05, 4.69) is 6.58 Å². The topological polar surface area (TPSA) is 69.7 Å². The molecule has 0 spiro atoms. The number of carbonyl (C=O) groups is 1. The van der Waals surface area contributed by atoms with Crippen molar-refractivity contribution >= 4 is 16.1 Å². The van der Waals surface area contributed by atoms with Gasteiger partial charge in [-0.15, -0.1) is 0 Å². The van der Waals surface area contributed by atoms with E-state index in [1.807, 2.05) is 6.92 Å². The highest BCUT2D eigenvalue weighted by Gasteiger charge is 2.18. The van der Waals surface area contributed by atoms with Crippen LogP contribution in [0.25, 0.3) is 0 Å². The molecule has 104 valence electrons. The van der Waals surface area contributed by atoms with Gasteiger partial charge in [0.05, 0.1) is 4.90 Å². The Hall–Kier alpha value is -1.66. The minimum absolute atomic E-state index is 0.0590. The average Bonchev–Trinajstić information content (AvgIpc) is 2.34. The fraction of sp³-hybridized carbons (Fsp3) is 0.308. The number of aryl methyl sites for hydroxylation is 1. The molecule has 19 heavy (non-hydrogen) atoms. The molecule has 0 saturated carbocycles. The molecule has 0 radical (unpaired) electrons. The molecule has 1 rings (SSSR count). The molecule has 1 aromatic carbocycles. The van der Waals surface area contributed by atoms with E-state index in [1.54, 1.807) is 12.1 Å². The van der Waals surface area contributed by atoms with Crippen molar-refractivity contribution in [2.24, 2.45) is 0 Å². The first-order chi connectivity index (χ1) is 8.85. The van der Waals surface area contributed by atoms with Crippen molar-refractivity contribution in [3.8, 4) is 0 Å². The highest BCUT2D eigenvalue weighted by molar-refractivity contribution is 7.86. The van der Waals surface area contributed by atoms with E-state index in [9.17, 15) is 13.2 Å². The predicted molar refractivity (Wildman–Crippen MR) is 70.1 cm³/mol. The molecule has 0 saturated heterocycles. The monoisotopic (exact) mass is 284 g/mol. The van der Waals surface area contributed by atoms with Crippen molar-refractivity contribution in [1.82, 2.24) is 0 Å². The molecule has 0 fully saturated rings. The van der Waals surface area contributed by atoms with Crippen molar-refractivity contribution in [3.05, 3.63) is 42.5 Å². The molecule has 6 heteroatoms. The molecule has 1 aromatic rings. The van der Waals surface area contributed by atoms with E-state index >= 15 is 0 Å². The molecule has 0 aliphatic heterocycles. The van der Waals surface area contributed by atoms with Crippen molar-refractivity contribution in [1.29, 1.82) is 0 Å². The van der Waals surface area contributed by atoms with Crippen molar-refractivity contribution in [2.45, 2.75) is 24.8 Å². The molecule has 0 N–H and O–H groups in total. The molecule has 0 aromatic heterocycles. The fourth-order valence-electron chi connectivity index (χ4n) is 1.29. The van der Waals surface area contributed by atoms with E-state index in [-0.39, 0.29) is 11.5 Å². The Labute approximate surface area is 113 Å². The Bertz CT molecular complexity index is 545. The van der Waals surface area contributed by atoms with E-state index in [0.717, 1.165) is 5.56 Å². The summed E-state index contributed by atoms with van der Waals surface area (Å²) in [5, 5.41) is 0. The number of ether oxygens (including phenoxy) is 1. The molecule has 0 bridgehead atoms. The predicted octanol–water partition coefficient (Wildman–Crippen LogP) is 1.82. The Morgan fingerprint density at radius 3 is 2.42 bits per heavy atom. The molecular formula is C13H16O5S. The van der Waals surface area contributed by atoms with Crippen LogP contribution in [0.15, 0.2) is 41.8 Å². The van der Waals surface area contributed by atoms with Gasteiger partial charge >= 0.3 is 5.97 Å². The van der Waals surface area contributed by atoms with Gasteiger partial charge in [-0.3, -0.25) is 8.98 Å². The maximum absolute atomic E-state index is 11.9. The molecule has 5 nitrogen and oxygen atoms in total. The van der Waals surface area contributed by atoms with Gasteiger partial charge in [0.15, 0.2) is 0 Å². The zero-order valence-electron chi connectivity index (χ0n) is 10.8. The first-order valence-electron chi connectivity index (χ1n) is 5.61. The smallest absolute Gasteiger partial charge is 0.303 e. The molecule has 0 amide bonds. The van der Waals surface area contributed by atoms with Crippen LogP contribution in [0.2, 0.25) is 0 Å². The number of esters is 1. The Morgan fingerprint density at radius 2 is 1.95 bits per heavy atom. The second-order valence-electron chi connectivity index (χ2n) is 3.94. The summed E-state index contributed by atoms with van der Waals surface area (Å²) in [5.41, 5.74) is 0.947. The van der Waals surface area contributed by atoms with Crippen LogP contribution in [0.5, 0.6) is 0 Å². The van der Waals surface area contributed by atoms with Crippen molar-refractivity contribution < 1.29 is 22.1 Å². The number of carbonyl (C=O) groups excluding carboxylic acids is 1. The van der Waals surface area contributed by atoms with E-state index < -0.39 is 22.2 Å². The third-order valence-electron chi connectivity index (χ3n) is 2.28. The lowest BCUT2D eigenvalue weighted by Gasteiger charge is -2.13. The van der Waals surface area contributed by atoms with Crippen LogP contribution < -0.4 is 0 Å². The summed E-state index contributed by atoms with van der Waals surface area (Å²) in [4.78, 5) is 10.8. The summed E-state index contributed by atoms with van der Waals surface area (Å²) in [6.07, 6.45) is 0.518. The first kappa shape index (κ1) is 15.4. The quantitative estimate of drug-likeness (QED) is 0.453. The minimum atomic E-state index is -3.86. The van der Waals surface area contributed by atoms with Gasteiger partial charge in [-0.1, -0.05) is 24.3 Å². The number of benzene rings is 1. The molecule has 0 heterocycles. The molecule has 0 unspecified atom stereocenters. The van der Waals surface area contributed by atoms with Gasteiger partial charge in [0.2, 0.25) is 0 Å². The maximum atomic E-state index is 11.9. The lowest BCUT2D eigenvalue weighted by atomic mass is 10.2. The molecular weight excluding hydrogens is 268 g/mol. The Morgan fingerprint density at radius 1 is 1.37 bits per heavy atom. The van der Waals surface area contributed by atoms with Crippen LogP contribution in [0, 0.1) is 6.92 Å². The second kappa shape index (κ2) is 6.49. The highest BCUT2D eigenvalue weighted by Crippen LogP contribution is 2.14. The first-order valence-corrected chi connectivity index (χ1v) is 7.02. The largest absolute Gasteiger partial charge is 0.456 e. The summed E-state index contributed by atoms with van der Waals surface area (Å²) < 4.78 is 33.3. The van der Waals surface area contributed by atoms with E-state index in [1.165, 1.54) is 25.1 Å². The van der Waals surface area contributed by atoms with Crippen LogP contribution >= 0.6 is 0 Å². The summed E-state index contributed by atoms with van der Waals surface area (Å²) >= 11 is 0. The minimum Gasteiger partial charge on any atom is -0.456 e. The van der Waals surface area contributed by atoms with Crippen molar-refractivity contribution in [3.63, 3.8) is 0 Å². The van der Waals surface area contributed by atoms with Gasteiger partial charge in [-0.2, -0.15) is 8.42 Å². The Balaban J connectivity index is 2.72. The third-order valence-corrected chi connectivity index (χ3v) is 3.57. The lowest BCUT2D eigenvalue weighted by Crippen LogP contribution is -2.22. The fourth-order valence-corrected chi connectivity index (χ4v) is 2.21. The standard InChI is InChI=1S/C13H16O5S/c1-4-12(18-11(3)14)9-17-19(15,16)13-7-5-10(2)6-8-13/h4-8,12H,1,9H2,2-3H3/t12-/m1/s1. The van der Waals surface area contributed by atoms with Gasteiger partial charge in [0.25, 0.3) is 10.1 Å². The zero-order chi connectivity index (χ0) is 14.5. The molecule has 1 atom stereocenters. The van der Waals surface area contributed by atoms with Gasteiger partial charge in [0, 0.05) is 6.92 Å². The summed E-state index contributed by atoms with van der Waals surface area (Å²) in [5.74, 6) is -0.527. The summed E-state index contributed by atoms with van der Waals surface area (Å²) in [6, 6.07) is 6.26. The second-order valence-corrected chi connectivity index (χ2v) is 5.55. The zero-order valence-corrected chi connectivity index (χ0v) is 11.6. The van der Waals surface area contributed by atoms with Crippen LogP contribution in [-0.4, -0.2) is 27.1 Å². The number of hydrogen-bond acceptors (Lipinski definition) is 5. The maximum Gasteiger partial charge on any atom is 0.303 e. The third kappa shape index (κ3) is 4.84. The number of rotatable bonds is 6. The van der Waals surface area contributed by atoms with Crippen LogP contribution in [-0.2, 0) is 23.8 Å². The van der Waals surface area contributed by atoms with Crippen molar-refractivity contribution in [2.75, 3.05) is 6.61 Å². The van der Waals surface area contributed by atoms with Gasteiger partial charge in [0.1, 0.15) is 12.7 Å². The van der Waals surface area contributed by atoms with Crippen LogP contribution in [0.1, 0.15) is 12.5 Å². The van der Waals surface area contributed by atoms with Gasteiger partial charge in [-0.25, -0.2) is 0 Å². The average molecular weight is 284 g/mol. The summed E-state index contributed by atoms with van der Waals surface area (Å²) in [6.45, 7) is 6.23. The SMILES string of the molecule is C=C[C@H](COS(=O)(=O)c1ccc(C)cc1)OC(C)=O. The van der Waals surface area contributed by atoms with Crippen LogP contribution in [0.4, 0.5) is 0 Å². The van der Waals surface area contributed by atoms with Gasteiger partial charge in [-0.05, 0) is 25.1 Å².